The van der Waals surface area contributed by atoms with Crippen LogP contribution in [-0.2, 0) is 4.79 Å². The van der Waals surface area contributed by atoms with Crippen molar-refractivity contribution < 1.29 is 14.7 Å². The highest BCUT2D eigenvalue weighted by Crippen LogP contribution is 2.01. The molecule has 0 fully saturated rings. The maximum absolute atomic E-state index is 11.3. The third kappa shape index (κ3) is 4.91. The molecule has 0 spiro atoms. The van der Waals surface area contributed by atoms with E-state index in [1.54, 1.807) is 6.92 Å². The van der Waals surface area contributed by atoms with Crippen molar-refractivity contribution in [1.82, 2.24) is 31.3 Å². The minimum absolute atomic E-state index is 0.0284. The normalized spacial score (nSPS) is 11.8. The number of amides is 2. The molecule has 17 heavy (non-hydrogen) atoms. The Labute approximate surface area is 97.0 Å². The highest BCUT2D eigenvalue weighted by atomic mass is 16.4. The summed E-state index contributed by atoms with van der Waals surface area (Å²) < 4.78 is 0. The summed E-state index contributed by atoms with van der Waals surface area (Å²) in [6.07, 6.45) is 0.417. The van der Waals surface area contributed by atoms with Crippen LogP contribution in [0.25, 0.3) is 0 Å². The third-order valence-corrected chi connectivity index (χ3v) is 1.95. The fourth-order valence-electron chi connectivity index (χ4n) is 1.11. The Hall–Kier alpha value is -2.19. The number of aliphatic carboxylic acids is 1. The Balaban J connectivity index is 2.19. The topological polar surface area (TPSA) is 133 Å². The Morgan fingerprint density at radius 1 is 1.53 bits per heavy atom. The number of aromatic amines is 1. The first kappa shape index (κ1) is 12.9. The lowest BCUT2D eigenvalue weighted by molar-refractivity contribution is -0.137. The Morgan fingerprint density at radius 2 is 2.29 bits per heavy atom. The van der Waals surface area contributed by atoms with E-state index in [1.165, 1.54) is 0 Å². The van der Waals surface area contributed by atoms with Gasteiger partial charge in [0, 0.05) is 13.0 Å². The Bertz CT molecular complexity index is 365. The molecule has 1 aromatic heterocycles. The maximum atomic E-state index is 11.3. The van der Waals surface area contributed by atoms with E-state index < -0.39 is 12.0 Å². The highest BCUT2D eigenvalue weighted by Gasteiger charge is 2.12. The lowest BCUT2D eigenvalue weighted by atomic mass is 10.3. The van der Waals surface area contributed by atoms with Gasteiger partial charge in [-0.05, 0) is 13.3 Å². The van der Waals surface area contributed by atoms with Gasteiger partial charge in [-0.25, -0.2) is 4.79 Å². The van der Waals surface area contributed by atoms with Crippen molar-refractivity contribution in [2.75, 3.05) is 6.54 Å². The molecular formula is C8H14N6O3. The Kier molecular flexibility index (Phi) is 4.85. The average molecular weight is 242 g/mol. The lowest BCUT2D eigenvalue weighted by Gasteiger charge is -2.10. The molecule has 1 aromatic rings. The van der Waals surface area contributed by atoms with Crippen LogP contribution in [0, 0.1) is 0 Å². The predicted molar refractivity (Wildman–Crippen MR) is 56.0 cm³/mol. The van der Waals surface area contributed by atoms with E-state index in [2.05, 4.69) is 31.3 Å². The number of H-pyrrole nitrogens is 1. The van der Waals surface area contributed by atoms with Crippen molar-refractivity contribution in [3.05, 3.63) is 5.82 Å². The van der Waals surface area contributed by atoms with Crippen molar-refractivity contribution in [3.63, 3.8) is 0 Å². The lowest BCUT2D eigenvalue weighted by Crippen LogP contribution is -2.38. The molecule has 0 aliphatic heterocycles. The van der Waals surface area contributed by atoms with Crippen LogP contribution in [0.2, 0.25) is 0 Å². The molecule has 0 radical (unpaired) electrons. The van der Waals surface area contributed by atoms with Crippen LogP contribution in [0.4, 0.5) is 4.79 Å². The standard InChI is InChI=1S/C8H14N6O3/c1-5(7-11-13-14-12-7)10-8(17)9-4-2-3-6(15)16/h5H,2-4H2,1H3,(H,15,16)(H2,9,10,17)(H,11,12,13,14). The first-order valence-corrected chi connectivity index (χ1v) is 5.09. The second kappa shape index (κ2) is 6.40. The highest BCUT2D eigenvalue weighted by molar-refractivity contribution is 5.74. The van der Waals surface area contributed by atoms with Gasteiger partial charge in [-0.2, -0.15) is 5.21 Å². The molecular weight excluding hydrogens is 228 g/mol. The van der Waals surface area contributed by atoms with Crippen LogP contribution in [0.15, 0.2) is 0 Å². The van der Waals surface area contributed by atoms with Gasteiger partial charge in [0.25, 0.3) is 0 Å². The number of carboxylic acid groups (broad SMARTS) is 1. The van der Waals surface area contributed by atoms with Crippen molar-refractivity contribution >= 4 is 12.0 Å². The van der Waals surface area contributed by atoms with Gasteiger partial charge in [0.05, 0.1) is 6.04 Å². The van der Waals surface area contributed by atoms with Crippen LogP contribution in [0.5, 0.6) is 0 Å². The molecule has 1 heterocycles. The fourth-order valence-corrected chi connectivity index (χ4v) is 1.11. The molecule has 94 valence electrons. The summed E-state index contributed by atoms with van der Waals surface area (Å²) in [5.41, 5.74) is 0. The Morgan fingerprint density at radius 3 is 2.88 bits per heavy atom. The number of carbonyl (C=O) groups is 2. The van der Waals surface area contributed by atoms with Gasteiger partial charge in [0.1, 0.15) is 0 Å². The van der Waals surface area contributed by atoms with Crippen LogP contribution in [-0.4, -0.2) is 44.3 Å². The van der Waals surface area contributed by atoms with Gasteiger partial charge in [-0.1, -0.05) is 5.21 Å². The number of aromatic nitrogens is 4. The van der Waals surface area contributed by atoms with E-state index in [0.717, 1.165) is 0 Å². The smallest absolute Gasteiger partial charge is 0.315 e. The number of rotatable bonds is 6. The van der Waals surface area contributed by atoms with E-state index in [4.69, 9.17) is 5.11 Å². The summed E-state index contributed by atoms with van der Waals surface area (Å²) in [5.74, 6) is -0.502. The number of nitrogens with one attached hydrogen (secondary N) is 3. The summed E-state index contributed by atoms with van der Waals surface area (Å²) in [6.45, 7) is 2.01. The van der Waals surface area contributed by atoms with E-state index in [0.29, 0.717) is 18.8 Å². The molecule has 0 aromatic carbocycles. The van der Waals surface area contributed by atoms with Crippen LogP contribution < -0.4 is 10.6 Å². The number of urea groups is 1. The monoisotopic (exact) mass is 242 g/mol. The van der Waals surface area contributed by atoms with Crippen molar-refractivity contribution in [2.45, 2.75) is 25.8 Å². The molecule has 2 amide bonds. The average Bonchev–Trinajstić information content (AvgIpc) is 2.77. The number of nitrogens with zero attached hydrogens (tertiary/aromatic N) is 3. The second-order valence-corrected chi connectivity index (χ2v) is 3.39. The second-order valence-electron chi connectivity index (χ2n) is 3.39. The zero-order chi connectivity index (χ0) is 12.7. The molecule has 9 heteroatoms. The molecule has 9 nitrogen and oxygen atoms in total. The zero-order valence-electron chi connectivity index (χ0n) is 9.30. The predicted octanol–water partition coefficient (Wildman–Crippen LogP) is -0.575. The molecule has 1 atom stereocenters. The number of tetrazole rings is 1. The first-order chi connectivity index (χ1) is 8.09. The zero-order valence-corrected chi connectivity index (χ0v) is 9.30. The molecule has 1 unspecified atom stereocenters. The number of carboxylic acids is 1. The van der Waals surface area contributed by atoms with E-state index in [1.807, 2.05) is 0 Å². The minimum Gasteiger partial charge on any atom is -0.481 e. The van der Waals surface area contributed by atoms with Crippen molar-refractivity contribution in [2.24, 2.45) is 0 Å². The summed E-state index contributed by atoms with van der Waals surface area (Å²) >= 11 is 0. The van der Waals surface area contributed by atoms with Crippen LogP contribution in [0.1, 0.15) is 31.6 Å². The van der Waals surface area contributed by atoms with Gasteiger partial charge in [0.15, 0.2) is 5.82 Å². The number of carbonyl (C=O) groups excluding carboxylic acids is 1. The van der Waals surface area contributed by atoms with Gasteiger partial charge in [-0.3, -0.25) is 4.79 Å². The summed E-state index contributed by atoms with van der Waals surface area (Å²) in [5, 5.41) is 26.6. The molecule has 4 N–H and O–H groups in total. The number of hydrogen-bond donors (Lipinski definition) is 4. The summed E-state index contributed by atoms with van der Waals surface area (Å²) in [4.78, 5) is 21.6. The van der Waals surface area contributed by atoms with Crippen LogP contribution in [0.3, 0.4) is 0 Å². The van der Waals surface area contributed by atoms with E-state index in [-0.39, 0.29) is 12.5 Å². The molecule has 0 aliphatic rings. The van der Waals surface area contributed by atoms with Gasteiger partial charge in [0.2, 0.25) is 0 Å². The third-order valence-electron chi connectivity index (χ3n) is 1.95. The van der Waals surface area contributed by atoms with Crippen LogP contribution >= 0.6 is 0 Å². The molecule has 0 aliphatic carbocycles. The molecule has 0 saturated carbocycles. The van der Waals surface area contributed by atoms with Gasteiger partial charge >= 0.3 is 12.0 Å². The van der Waals surface area contributed by atoms with Crippen molar-refractivity contribution in [3.8, 4) is 0 Å². The summed E-state index contributed by atoms with van der Waals surface area (Å²) in [7, 11) is 0. The van der Waals surface area contributed by atoms with Crippen molar-refractivity contribution in [1.29, 1.82) is 0 Å². The molecule has 0 bridgehead atoms. The van der Waals surface area contributed by atoms with E-state index in [9.17, 15) is 9.59 Å². The molecule has 1 rings (SSSR count). The molecule has 0 saturated heterocycles. The largest absolute Gasteiger partial charge is 0.481 e. The fraction of sp³-hybridized carbons (Fsp3) is 0.625. The first-order valence-electron chi connectivity index (χ1n) is 5.09. The van der Waals surface area contributed by atoms with Gasteiger partial charge < -0.3 is 15.7 Å². The van der Waals surface area contributed by atoms with Gasteiger partial charge in [-0.15, -0.1) is 10.2 Å². The SMILES string of the molecule is CC(NC(=O)NCCCC(=O)O)c1nn[nH]n1. The maximum Gasteiger partial charge on any atom is 0.315 e. The van der Waals surface area contributed by atoms with E-state index >= 15 is 0 Å². The quantitative estimate of drug-likeness (QED) is 0.493. The minimum atomic E-state index is -0.882. The number of hydrogen-bond acceptors (Lipinski definition) is 5. The summed E-state index contributed by atoms with van der Waals surface area (Å²) in [6, 6.07) is -0.763.